The number of hydrogen-bond acceptors (Lipinski definition) is 4. The van der Waals surface area contributed by atoms with E-state index in [0.29, 0.717) is 6.54 Å². The zero-order valence-corrected chi connectivity index (χ0v) is 11.3. The first-order valence-electron chi connectivity index (χ1n) is 6.78. The number of rotatable bonds is 2. The molecule has 0 aliphatic carbocycles. The van der Waals surface area contributed by atoms with Crippen molar-refractivity contribution in [2.24, 2.45) is 5.10 Å². The molecule has 0 unspecified atom stereocenters. The third kappa shape index (κ3) is 2.08. The lowest BCUT2D eigenvalue weighted by Gasteiger charge is -2.09. The summed E-state index contributed by atoms with van der Waals surface area (Å²) in [6.45, 7) is 0.683. The maximum atomic E-state index is 4.28. The Bertz CT molecular complexity index is 846. The zero-order chi connectivity index (χ0) is 14.1. The van der Waals surface area contributed by atoms with Crippen molar-refractivity contribution in [2.45, 2.75) is 6.54 Å². The molecule has 0 atom stereocenters. The molecule has 2 aromatic carbocycles. The van der Waals surface area contributed by atoms with Gasteiger partial charge in [0, 0.05) is 11.8 Å². The minimum absolute atomic E-state index is 0.683. The van der Waals surface area contributed by atoms with Crippen LogP contribution in [0.1, 0.15) is 11.1 Å². The van der Waals surface area contributed by atoms with E-state index in [1.807, 2.05) is 47.2 Å². The number of anilines is 1. The van der Waals surface area contributed by atoms with Gasteiger partial charge in [-0.15, -0.1) is 5.10 Å². The van der Waals surface area contributed by atoms with E-state index in [1.54, 1.807) is 6.21 Å². The van der Waals surface area contributed by atoms with Gasteiger partial charge in [-0.2, -0.15) is 5.10 Å². The van der Waals surface area contributed by atoms with Crippen LogP contribution in [0, 0.1) is 0 Å². The standard InChI is InChI=1S/C16H13N5/c1-2-5-12(6-3-1)11-21-16-14(18-20-21)9-8-13-7-4-10-17-19-15(13)16/h1-10,19H,11H2. The van der Waals surface area contributed by atoms with E-state index in [2.05, 4.69) is 33.0 Å². The van der Waals surface area contributed by atoms with Crippen LogP contribution in [0.5, 0.6) is 0 Å². The number of hydrazone groups is 1. The van der Waals surface area contributed by atoms with Gasteiger partial charge in [-0.25, -0.2) is 4.68 Å². The molecule has 4 rings (SSSR count). The molecule has 1 aromatic heterocycles. The molecule has 0 amide bonds. The Labute approximate surface area is 121 Å². The van der Waals surface area contributed by atoms with Crippen molar-refractivity contribution in [1.29, 1.82) is 0 Å². The summed E-state index contributed by atoms with van der Waals surface area (Å²) in [7, 11) is 0. The Hall–Kier alpha value is -2.95. The van der Waals surface area contributed by atoms with Gasteiger partial charge in [0.05, 0.1) is 12.2 Å². The molecule has 1 aliphatic rings. The van der Waals surface area contributed by atoms with E-state index >= 15 is 0 Å². The fourth-order valence-corrected chi connectivity index (χ4v) is 2.50. The third-order valence-corrected chi connectivity index (χ3v) is 3.50. The predicted octanol–water partition coefficient (Wildman–Crippen LogP) is 2.90. The third-order valence-electron chi connectivity index (χ3n) is 3.50. The normalized spacial score (nSPS) is 13.0. The summed E-state index contributed by atoms with van der Waals surface area (Å²) in [6.07, 6.45) is 5.67. The predicted molar refractivity (Wildman–Crippen MR) is 84.2 cm³/mol. The van der Waals surface area contributed by atoms with E-state index in [0.717, 1.165) is 22.3 Å². The summed E-state index contributed by atoms with van der Waals surface area (Å²) in [5.41, 5.74) is 8.13. The average Bonchev–Trinajstić information content (AvgIpc) is 2.78. The first-order chi connectivity index (χ1) is 10.4. The van der Waals surface area contributed by atoms with Gasteiger partial charge in [-0.3, -0.25) is 5.43 Å². The Balaban J connectivity index is 1.87. The molecule has 2 heterocycles. The van der Waals surface area contributed by atoms with Gasteiger partial charge in [0.15, 0.2) is 0 Å². The Kier molecular flexibility index (Phi) is 2.74. The molecule has 3 aromatic rings. The van der Waals surface area contributed by atoms with E-state index in [4.69, 9.17) is 0 Å². The van der Waals surface area contributed by atoms with E-state index in [1.165, 1.54) is 5.56 Å². The number of aromatic nitrogens is 3. The van der Waals surface area contributed by atoms with Crippen LogP contribution in [0.4, 0.5) is 5.69 Å². The molecule has 1 aliphatic heterocycles. The highest BCUT2D eigenvalue weighted by Crippen LogP contribution is 2.28. The first-order valence-corrected chi connectivity index (χ1v) is 6.78. The molecule has 0 saturated heterocycles. The average molecular weight is 275 g/mol. The molecule has 0 fully saturated rings. The summed E-state index contributed by atoms with van der Waals surface area (Å²) in [4.78, 5) is 0. The topological polar surface area (TPSA) is 55.1 Å². The molecule has 102 valence electrons. The lowest BCUT2D eigenvalue weighted by molar-refractivity contribution is 0.670. The van der Waals surface area contributed by atoms with Crippen LogP contribution < -0.4 is 5.43 Å². The maximum Gasteiger partial charge on any atom is 0.115 e. The second-order valence-electron chi connectivity index (χ2n) is 4.88. The summed E-state index contributed by atoms with van der Waals surface area (Å²) in [5.74, 6) is 0. The van der Waals surface area contributed by atoms with E-state index in [-0.39, 0.29) is 0 Å². The summed E-state index contributed by atoms with van der Waals surface area (Å²) >= 11 is 0. The van der Waals surface area contributed by atoms with Crippen molar-refractivity contribution in [3.8, 4) is 0 Å². The summed E-state index contributed by atoms with van der Waals surface area (Å²) in [6, 6.07) is 14.2. The van der Waals surface area contributed by atoms with Crippen molar-refractivity contribution in [1.82, 2.24) is 15.0 Å². The molecule has 0 spiro atoms. The number of allylic oxidation sites excluding steroid dienone is 1. The van der Waals surface area contributed by atoms with Crippen molar-refractivity contribution in [3.63, 3.8) is 0 Å². The van der Waals surface area contributed by atoms with E-state index in [9.17, 15) is 0 Å². The SMILES string of the molecule is C1=Cc2ccc3nnn(Cc4ccccc4)c3c2NN=C1. The second-order valence-corrected chi connectivity index (χ2v) is 4.88. The number of nitrogens with one attached hydrogen (secondary N) is 1. The van der Waals surface area contributed by atoms with Gasteiger partial charge in [-0.1, -0.05) is 47.7 Å². The fraction of sp³-hybridized carbons (Fsp3) is 0.0625. The van der Waals surface area contributed by atoms with Gasteiger partial charge in [-0.05, 0) is 17.7 Å². The molecule has 5 nitrogen and oxygen atoms in total. The number of nitrogens with zero attached hydrogens (tertiary/aromatic N) is 4. The maximum absolute atomic E-state index is 4.28. The number of hydrogen-bond donors (Lipinski definition) is 1. The van der Waals surface area contributed by atoms with Crippen LogP contribution in [0.2, 0.25) is 0 Å². The van der Waals surface area contributed by atoms with Crippen molar-refractivity contribution < 1.29 is 0 Å². The highest BCUT2D eigenvalue weighted by atomic mass is 15.4. The highest BCUT2D eigenvalue weighted by molar-refractivity contribution is 5.96. The van der Waals surface area contributed by atoms with Crippen LogP contribution in [0.3, 0.4) is 0 Å². The van der Waals surface area contributed by atoms with Gasteiger partial charge in [0.2, 0.25) is 0 Å². The molecule has 0 bridgehead atoms. The van der Waals surface area contributed by atoms with Gasteiger partial charge in [0.1, 0.15) is 11.0 Å². The van der Waals surface area contributed by atoms with Crippen LogP contribution in [0.15, 0.2) is 53.6 Å². The Morgan fingerprint density at radius 3 is 2.86 bits per heavy atom. The van der Waals surface area contributed by atoms with Gasteiger partial charge < -0.3 is 0 Å². The molecule has 21 heavy (non-hydrogen) atoms. The number of benzene rings is 2. The summed E-state index contributed by atoms with van der Waals surface area (Å²) < 4.78 is 1.91. The van der Waals surface area contributed by atoms with Crippen LogP contribution in [-0.4, -0.2) is 21.2 Å². The largest absolute Gasteiger partial charge is 0.276 e. The minimum atomic E-state index is 0.683. The Morgan fingerprint density at radius 1 is 1.05 bits per heavy atom. The molecular weight excluding hydrogens is 262 g/mol. The lowest BCUT2D eigenvalue weighted by atomic mass is 10.1. The quantitative estimate of drug-likeness (QED) is 0.782. The van der Waals surface area contributed by atoms with Gasteiger partial charge in [0.25, 0.3) is 0 Å². The highest BCUT2D eigenvalue weighted by Gasteiger charge is 2.13. The molecule has 0 radical (unpaired) electrons. The monoisotopic (exact) mass is 275 g/mol. The first kappa shape index (κ1) is 11.8. The van der Waals surface area contributed by atoms with Crippen LogP contribution in [-0.2, 0) is 6.54 Å². The van der Waals surface area contributed by atoms with Crippen molar-refractivity contribution in [3.05, 3.63) is 59.7 Å². The molecule has 5 heteroatoms. The molecular formula is C16H13N5. The van der Waals surface area contributed by atoms with Crippen LogP contribution >= 0.6 is 0 Å². The lowest BCUT2D eigenvalue weighted by Crippen LogP contribution is -2.04. The molecule has 1 N–H and O–H groups in total. The molecule has 0 saturated carbocycles. The van der Waals surface area contributed by atoms with E-state index < -0.39 is 0 Å². The minimum Gasteiger partial charge on any atom is -0.276 e. The zero-order valence-electron chi connectivity index (χ0n) is 11.3. The van der Waals surface area contributed by atoms with Crippen molar-refractivity contribution >= 4 is 29.0 Å². The summed E-state index contributed by atoms with van der Waals surface area (Å²) in [5, 5.41) is 12.7. The van der Waals surface area contributed by atoms with Crippen LogP contribution in [0.25, 0.3) is 17.1 Å². The smallest absolute Gasteiger partial charge is 0.115 e. The number of fused-ring (bicyclic) bond motifs is 3. The fourth-order valence-electron chi connectivity index (χ4n) is 2.50. The second kappa shape index (κ2) is 4.86. The Morgan fingerprint density at radius 2 is 1.95 bits per heavy atom. The van der Waals surface area contributed by atoms with Crippen molar-refractivity contribution in [2.75, 3.05) is 5.43 Å². The van der Waals surface area contributed by atoms with Gasteiger partial charge >= 0.3 is 0 Å².